The van der Waals surface area contributed by atoms with Gasteiger partial charge in [-0.25, -0.2) is 13.2 Å². The molecule has 2 aromatic heterocycles. The van der Waals surface area contributed by atoms with Gasteiger partial charge in [0.1, 0.15) is 5.76 Å². The number of carbonyl (C=O) groups excluding carboxylic acids is 1. The Morgan fingerprint density at radius 2 is 2.00 bits per heavy atom. The molecule has 2 heterocycles. The monoisotopic (exact) mass is 375 g/mol. The highest BCUT2D eigenvalue weighted by atomic mass is 32.2. The number of hydrogen-bond acceptors (Lipinski definition) is 6. The molecule has 0 aliphatic rings. The zero-order valence-electron chi connectivity index (χ0n) is 14.0. The van der Waals surface area contributed by atoms with E-state index in [0.717, 1.165) is 0 Å². The summed E-state index contributed by atoms with van der Waals surface area (Å²) >= 11 is 0. The molecule has 3 rings (SSSR count). The maximum Gasteiger partial charge on any atom is 0.373 e. The number of furan rings is 1. The molecular formula is C17H17N3O5S. The fourth-order valence-electron chi connectivity index (χ4n) is 2.34. The van der Waals surface area contributed by atoms with Crippen LogP contribution in [0.1, 0.15) is 21.9 Å². The minimum absolute atomic E-state index is 0.0958. The van der Waals surface area contributed by atoms with Crippen molar-refractivity contribution in [3.63, 3.8) is 0 Å². The number of ether oxygens (including phenoxy) is 1. The second kappa shape index (κ2) is 7.44. The maximum atomic E-state index is 12.2. The van der Waals surface area contributed by atoms with Gasteiger partial charge >= 0.3 is 5.97 Å². The van der Waals surface area contributed by atoms with Gasteiger partial charge in [0.25, 0.3) is 0 Å². The van der Waals surface area contributed by atoms with E-state index in [2.05, 4.69) is 14.6 Å². The zero-order chi connectivity index (χ0) is 18.6. The van der Waals surface area contributed by atoms with Crippen LogP contribution in [0.25, 0.3) is 0 Å². The minimum atomic E-state index is -3.55. The Hall–Kier alpha value is -3.07. The number of anilines is 1. The van der Waals surface area contributed by atoms with Gasteiger partial charge in [0.2, 0.25) is 15.8 Å². The molecule has 9 heteroatoms. The van der Waals surface area contributed by atoms with E-state index < -0.39 is 16.0 Å². The molecular weight excluding hydrogens is 358 g/mol. The largest absolute Gasteiger partial charge is 0.463 e. The number of methoxy groups -OCH3 is 1. The fourth-order valence-corrected chi connectivity index (χ4v) is 3.51. The SMILES string of the molecule is COC(=O)c1ccc(Cn2cc(NS(=O)(=O)Cc3ccccc3)cn2)o1. The summed E-state index contributed by atoms with van der Waals surface area (Å²) in [5.41, 5.74) is 1.04. The van der Waals surface area contributed by atoms with Crippen molar-refractivity contribution < 1.29 is 22.4 Å². The van der Waals surface area contributed by atoms with Crippen LogP contribution >= 0.6 is 0 Å². The van der Waals surface area contributed by atoms with Crippen molar-refractivity contribution in [3.8, 4) is 0 Å². The first-order chi connectivity index (χ1) is 12.4. The highest BCUT2D eigenvalue weighted by Gasteiger charge is 2.14. The first kappa shape index (κ1) is 17.7. The molecule has 0 fully saturated rings. The van der Waals surface area contributed by atoms with Gasteiger partial charge < -0.3 is 9.15 Å². The van der Waals surface area contributed by atoms with E-state index in [0.29, 0.717) is 17.0 Å². The Morgan fingerprint density at radius 1 is 1.23 bits per heavy atom. The topological polar surface area (TPSA) is 103 Å². The molecule has 0 amide bonds. The van der Waals surface area contributed by atoms with Crippen LogP contribution in [-0.2, 0) is 27.1 Å². The number of esters is 1. The highest BCUT2D eigenvalue weighted by molar-refractivity contribution is 7.91. The van der Waals surface area contributed by atoms with Crippen molar-refractivity contribution in [2.24, 2.45) is 0 Å². The zero-order valence-corrected chi connectivity index (χ0v) is 14.8. The van der Waals surface area contributed by atoms with E-state index in [-0.39, 0.29) is 18.1 Å². The lowest BCUT2D eigenvalue weighted by molar-refractivity contribution is 0.0562. The van der Waals surface area contributed by atoms with Crippen molar-refractivity contribution in [1.82, 2.24) is 9.78 Å². The smallest absolute Gasteiger partial charge is 0.373 e. The van der Waals surface area contributed by atoms with Crippen LogP contribution in [0.5, 0.6) is 0 Å². The van der Waals surface area contributed by atoms with Gasteiger partial charge in [0.15, 0.2) is 0 Å². The molecule has 0 radical (unpaired) electrons. The molecule has 3 aromatic rings. The predicted molar refractivity (Wildman–Crippen MR) is 94.1 cm³/mol. The molecule has 136 valence electrons. The average Bonchev–Trinajstić information content (AvgIpc) is 3.24. The first-order valence-corrected chi connectivity index (χ1v) is 9.34. The summed E-state index contributed by atoms with van der Waals surface area (Å²) in [6.07, 6.45) is 2.95. The van der Waals surface area contributed by atoms with Crippen LogP contribution < -0.4 is 4.72 Å². The second-order valence-corrected chi connectivity index (χ2v) is 7.25. The Bertz CT molecular complexity index is 992. The van der Waals surface area contributed by atoms with Crippen LogP contribution in [0.15, 0.2) is 59.3 Å². The molecule has 0 unspecified atom stereocenters. The van der Waals surface area contributed by atoms with Crippen molar-refractivity contribution in [2.75, 3.05) is 11.8 Å². The molecule has 1 N–H and O–H groups in total. The van der Waals surface area contributed by atoms with Crippen LogP contribution in [0.2, 0.25) is 0 Å². The molecule has 0 atom stereocenters. The Morgan fingerprint density at radius 3 is 2.73 bits per heavy atom. The third-order valence-electron chi connectivity index (χ3n) is 3.47. The molecule has 26 heavy (non-hydrogen) atoms. The van der Waals surface area contributed by atoms with Gasteiger partial charge in [-0.1, -0.05) is 30.3 Å². The summed E-state index contributed by atoms with van der Waals surface area (Å²) < 4.78 is 38.4. The van der Waals surface area contributed by atoms with E-state index in [1.54, 1.807) is 36.5 Å². The van der Waals surface area contributed by atoms with Crippen LogP contribution in [0.4, 0.5) is 5.69 Å². The number of benzene rings is 1. The fraction of sp³-hybridized carbons (Fsp3) is 0.176. The summed E-state index contributed by atoms with van der Waals surface area (Å²) in [6.45, 7) is 0.247. The maximum absolute atomic E-state index is 12.2. The second-order valence-electron chi connectivity index (χ2n) is 5.53. The van der Waals surface area contributed by atoms with Gasteiger partial charge in [0, 0.05) is 6.20 Å². The molecule has 0 spiro atoms. The number of hydrogen-bond donors (Lipinski definition) is 1. The third kappa shape index (κ3) is 4.51. The summed E-state index contributed by atoms with van der Waals surface area (Å²) in [7, 11) is -2.28. The lowest BCUT2D eigenvalue weighted by Gasteiger charge is -2.05. The van der Waals surface area contributed by atoms with Gasteiger partial charge in [-0.15, -0.1) is 0 Å². The first-order valence-electron chi connectivity index (χ1n) is 7.69. The molecule has 0 saturated heterocycles. The van der Waals surface area contributed by atoms with E-state index in [9.17, 15) is 13.2 Å². The molecule has 8 nitrogen and oxygen atoms in total. The van der Waals surface area contributed by atoms with Crippen LogP contribution in [0.3, 0.4) is 0 Å². The standard InChI is InChI=1S/C17H17N3O5S/c1-24-17(21)16-8-7-15(25-16)11-20-10-14(9-18-20)19-26(22,23)12-13-5-3-2-4-6-13/h2-10,19H,11-12H2,1H3. The third-order valence-corrected chi connectivity index (χ3v) is 4.73. The van der Waals surface area contributed by atoms with E-state index in [1.165, 1.54) is 24.1 Å². The number of nitrogens with one attached hydrogen (secondary N) is 1. The quantitative estimate of drug-likeness (QED) is 0.635. The van der Waals surface area contributed by atoms with Crippen molar-refractivity contribution in [1.29, 1.82) is 0 Å². The van der Waals surface area contributed by atoms with E-state index >= 15 is 0 Å². The predicted octanol–water partition coefficient (Wildman–Crippen LogP) is 2.25. The Balaban J connectivity index is 1.64. The minimum Gasteiger partial charge on any atom is -0.463 e. The van der Waals surface area contributed by atoms with Crippen LogP contribution in [-0.4, -0.2) is 31.3 Å². The number of rotatable bonds is 7. The van der Waals surface area contributed by atoms with Gasteiger partial charge in [-0.3, -0.25) is 9.40 Å². The highest BCUT2D eigenvalue weighted by Crippen LogP contribution is 2.14. The van der Waals surface area contributed by atoms with Gasteiger partial charge in [0.05, 0.1) is 31.3 Å². The molecule has 1 aromatic carbocycles. The number of sulfonamides is 1. The Labute approximate surface area is 150 Å². The summed E-state index contributed by atoms with van der Waals surface area (Å²) in [5.74, 6) is -0.101. The molecule has 0 saturated carbocycles. The summed E-state index contributed by atoms with van der Waals surface area (Å²) in [4.78, 5) is 11.4. The summed E-state index contributed by atoms with van der Waals surface area (Å²) in [5, 5.41) is 4.09. The number of nitrogens with zero attached hydrogens (tertiary/aromatic N) is 2. The Kier molecular flexibility index (Phi) is 5.08. The molecule has 0 bridgehead atoms. The van der Waals surface area contributed by atoms with E-state index in [4.69, 9.17) is 4.42 Å². The van der Waals surface area contributed by atoms with Crippen molar-refractivity contribution in [2.45, 2.75) is 12.3 Å². The lowest BCUT2D eigenvalue weighted by Crippen LogP contribution is -2.14. The van der Waals surface area contributed by atoms with Crippen LogP contribution in [0, 0.1) is 0 Å². The summed E-state index contributed by atoms with van der Waals surface area (Å²) in [6, 6.07) is 12.0. The normalized spacial score (nSPS) is 11.3. The molecule has 0 aliphatic heterocycles. The number of carbonyl (C=O) groups is 1. The van der Waals surface area contributed by atoms with E-state index in [1.807, 2.05) is 6.07 Å². The average molecular weight is 375 g/mol. The van der Waals surface area contributed by atoms with Gasteiger partial charge in [-0.05, 0) is 17.7 Å². The van der Waals surface area contributed by atoms with Gasteiger partial charge in [-0.2, -0.15) is 5.10 Å². The molecule has 0 aliphatic carbocycles. The van der Waals surface area contributed by atoms with Crippen molar-refractivity contribution >= 4 is 21.7 Å². The van der Waals surface area contributed by atoms with Crippen molar-refractivity contribution in [3.05, 3.63) is 71.9 Å². The lowest BCUT2D eigenvalue weighted by atomic mass is 10.2. The number of aromatic nitrogens is 2.